The Kier molecular flexibility index (Phi) is 9.61. The van der Waals surface area contributed by atoms with Crippen molar-refractivity contribution in [2.24, 2.45) is 10.9 Å². The summed E-state index contributed by atoms with van der Waals surface area (Å²) < 4.78 is 38.8. The quantitative estimate of drug-likeness (QED) is 0.370. The highest BCUT2D eigenvalue weighted by Gasteiger charge is 2.30. The lowest BCUT2D eigenvalue weighted by Gasteiger charge is -2.30. The second-order valence-electron chi connectivity index (χ2n) is 8.31. The number of likely N-dealkylation sites (tertiary alicyclic amines) is 1. The highest BCUT2D eigenvalue weighted by atomic mass is 19.4. The van der Waals surface area contributed by atoms with Crippen LogP contribution in [0.15, 0.2) is 29.3 Å². The average Bonchev–Trinajstić information content (AvgIpc) is 2.73. The van der Waals surface area contributed by atoms with Crippen LogP contribution in [0.25, 0.3) is 0 Å². The third kappa shape index (κ3) is 9.16. The standard InChI is InChI=1S/C22H34F3N5O/c1-17-8-12-30(13-9-17)11-5-10-26-21(28-16-20(31)29(2)3)27-15-18-6-4-7-19(14-18)22(23,24)25/h4,6-7,14,17H,5,8-13,15-16H2,1-3H3,(H2,26,27,28). The van der Waals surface area contributed by atoms with Gasteiger partial charge >= 0.3 is 6.18 Å². The molecule has 174 valence electrons. The molecule has 1 aromatic carbocycles. The van der Waals surface area contributed by atoms with Crippen LogP contribution in [0.3, 0.4) is 0 Å². The number of aliphatic imine (C=N–C) groups is 1. The van der Waals surface area contributed by atoms with Crippen molar-refractivity contribution in [3.63, 3.8) is 0 Å². The van der Waals surface area contributed by atoms with Gasteiger partial charge < -0.3 is 20.4 Å². The fourth-order valence-electron chi connectivity index (χ4n) is 3.30. The predicted octanol–water partition coefficient (Wildman–Crippen LogP) is 2.95. The summed E-state index contributed by atoms with van der Waals surface area (Å²) in [6.07, 6.45) is -1.01. The molecule has 0 bridgehead atoms. The number of likely N-dealkylation sites (N-methyl/N-ethyl adjacent to an activating group) is 1. The van der Waals surface area contributed by atoms with E-state index in [1.807, 2.05) is 0 Å². The Labute approximate surface area is 182 Å². The number of piperidine rings is 1. The van der Waals surface area contributed by atoms with E-state index >= 15 is 0 Å². The minimum absolute atomic E-state index is 0.0609. The molecule has 1 aliphatic rings. The molecular formula is C22H34F3N5O. The van der Waals surface area contributed by atoms with Crippen LogP contribution in [-0.2, 0) is 17.5 Å². The van der Waals surface area contributed by atoms with Crippen LogP contribution < -0.4 is 10.6 Å². The lowest BCUT2D eigenvalue weighted by atomic mass is 9.99. The van der Waals surface area contributed by atoms with Crippen LogP contribution in [0.4, 0.5) is 13.2 Å². The van der Waals surface area contributed by atoms with Crippen molar-refractivity contribution in [2.45, 2.75) is 38.9 Å². The highest BCUT2D eigenvalue weighted by Crippen LogP contribution is 2.29. The molecule has 31 heavy (non-hydrogen) atoms. The summed E-state index contributed by atoms with van der Waals surface area (Å²) in [5.41, 5.74) is -0.237. The molecule has 1 aromatic rings. The van der Waals surface area contributed by atoms with Gasteiger partial charge in [-0.2, -0.15) is 13.2 Å². The zero-order valence-corrected chi connectivity index (χ0v) is 18.6. The van der Waals surface area contributed by atoms with Gasteiger partial charge in [-0.05, 0) is 62.5 Å². The fraction of sp³-hybridized carbons (Fsp3) is 0.636. The van der Waals surface area contributed by atoms with Crippen LogP contribution in [0, 0.1) is 5.92 Å². The number of nitrogens with zero attached hydrogens (tertiary/aromatic N) is 3. The van der Waals surface area contributed by atoms with E-state index in [1.165, 1.54) is 23.8 Å². The van der Waals surface area contributed by atoms with Gasteiger partial charge in [-0.1, -0.05) is 19.1 Å². The van der Waals surface area contributed by atoms with Crippen LogP contribution >= 0.6 is 0 Å². The van der Waals surface area contributed by atoms with Gasteiger partial charge in [0.05, 0.1) is 18.7 Å². The Hall–Kier alpha value is -2.29. The van der Waals surface area contributed by atoms with Crippen molar-refractivity contribution in [1.29, 1.82) is 0 Å². The first-order chi connectivity index (χ1) is 14.6. The number of hydrogen-bond donors (Lipinski definition) is 2. The summed E-state index contributed by atoms with van der Waals surface area (Å²) in [6.45, 7) is 6.31. The molecule has 2 N–H and O–H groups in total. The van der Waals surface area contributed by atoms with Crippen molar-refractivity contribution in [1.82, 2.24) is 20.4 Å². The fourth-order valence-corrected chi connectivity index (χ4v) is 3.30. The van der Waals surface area contributed by atoms with E-state index in [0.29, 0.717) is 18.1 Å². The summed E-state index contributed by atoms with van der Waals surface area (Å²) in [6, 6.07) is 5.13. The van der Waals surface area contributed by atoms with Gasteiger partial charge in [0.2, 0.25) is 5.91 Å². The van der Waals surface area contributed by atoms with Crippen molar-refractivity contribution >= 4 is 11.9 Å². The number of nitrogens with one attached hydrogen (secondary N) is 2. The lowest BCUT2D eigenvalue weighted by molar-refractivity contribution is -0.137. The van der Waals surface area contributed by atoms with Gasteiger partial charge in [-0.15, -0.1) is 0 Å². The molecule has 6 nitrogen and oxygen atoms in total. The van der Waals surface area contributed by atoms with Crippen LogP contribution in [0.2, 0.25) is 0 Å². The Morgan fingerprint density at radius 3 is 2.58 bits per heavy atom. The molecule has 0 aromatic heterocycles. The first-order valence-electron chi connectivity index (χ1n) is 10.8. The summed E-state index contributed by atoms with van der Waals surface area (Å²) in [5, 5.41) is 6.17. The van der Waals surface area contributed by atoms with Gasteiger partial charge in [0.25, 0.3) is 0 Å². The maximum absolute atomic E-state index is 12.9. The average molecular weight is 442 g/mol. The van der Waals surface area contributed by atoms with Gasteiger partial charge in [0.15, 0.2) is 5.96 Å². The summed E-state index contributed by atoms with van der Waals surface area (Å²) in [4.78, 5) is 20.2. The number of benzene rings is 1. The minimum Gasteiger partial charge on any atom is -0.356 e. The van der Waals surface area contributed by atoms with Crippen molar-refractivity contribution in [3.8, 4) is 0 Å². The maximum Gasteiger partial charge on any atom is 0.416 e. The van der Waals surface area contributed by atoms with Gasteiger partial charge in [-0.25, -0.2) is 4.99 Å². The van der Waals surface area contributed by atoms with Crippen molar-refractivity contribution in [3.05, 3.63) is 35.4 Å². The maximum atomic E-state index is 12.9. The van der Waals surface area contributed by atoms with Crippen LogP contribution in [-0.4, -0.2) is 68.5 Å². The SMILES string of the molecule is CC1CCN(CCCNC(=NCc2cccc(C(F)(F)F)c2)NCC(=O)N(C)C)CC1. The van der Waals surface area contributed by atoms with E-state index in [1.54, 1.807) is 20.2 Å². The molecular weight excluding hydrogens is 407 g/mol. The first kappa shape index (κ1) is 25.0. The van der Waals surface area contributed by atoms with Gasteiger partial charge in [0, 0.05) is 20.6 Å². The number of halogens is 3. The summed E-state index contributed by atoms with van der Waals surface area (Å²) >= 11 is 0. The van der Waals surface area contributed by atoms with Crippen LogP contribution in [0.1, 0.15) is 37.3 Å². The molecule has 1 aliphatic heterocycles. The van der Waals surface area contributed by atoms with Crippen molar-refractivity contribution < 1.29 is 18.0 Å². The number of carbonyl (C=O) groups excluding carboxylic acids is 1. The smallest absolute Gasteiger partial charge is 0.356 e. The third-order valence-electron chi connectivity index (χ3n) is 5.40. The zero-order valence-electron chi connectivity index (χ0n) is 18.6. The lowest BCUT2D eigenvalue weighted by Crippen LogP contribution is -2.44. The highest BCUT2D eigenvalue weighted by molar-refractivity contribution is 5.86. The molecule has 0 spiro atoms. The van der Waals surface area contributed by atoms with Crippen LogP contribution in [0.5, 0.6) is 0 Å². The molecule has 0 atom stereocenters. The van der Waals surface area contributed by atoms with E-state index < -0.39 is 11.7 Å². The number of hydrogen-bond acceptors (Lipinski definition) is 3. The molecule has 0 radical (unpaired) electrons. The third-order valence-corrected chi connectivity index (χ3v) is 5.40. The van der Waals surface area contributed by atoms with E-state index in [-0.39, 0.29) is 19.0 Å². The summed E-state index contributed by atoms with van der Waals surface area (Å²) in [7, 11) is 3.33. The zero-order chi connectivity index (χ0) is 22.9. The molecule has 1 amide bonds. The second kappa shape index (κ2) is 11.9. The second-order valence-corrected chi connectivity index (χ2v) is 8.31. The monoisotopic (exact) mass is 441 g/mol. The number of guanidine groups is 1. The van der Waals surface area contributed by atoms with E-state index in [4.69, 9.17) is 0 Å². The number of amides is 1. The molecule has 9 heteroatoms. The normalized spacial score (nSPS) is 16.3. The molecule has 1 saturated heterocycles. The molecule has 2 rings (SSSR count). The first-order valence-corrected chi connectivity index (χ1v) is 10.8. The van der Waals surface area contributed by atoms with Gasteiger partial charge in [-0.3, -0.25) is 4.79 Å². The molecule has 1 heterocycles. The Balaban J connectivity index is 1.91. The van der Waals surface area contributed by atoms with Crippen molar-refractivity contribution in [2.75, 3.05) is 46.8 Å². The number of carbonyl (C=O) groups is 1. The molecule has 0 aliphatic carbocycles. The molecule has 1 fully saturated rings. The Morgan fingerprint density at radius 1 is 1.23 bits per heavy atom. The topological polar surface area (TPSA) is 60.0 Å². The number of rotatable bonds is 8. The minimum atomic E-state index is -4.39. The van der Waals surface area contributed by atoms with Gasteiger partial charge in [0.1, 0.15) is 0 Å². The molecule has 0 unspecified atom stereocenters. The van der Waals surface area contributed by atoms with E-state index in [2.05, 4.69) is 27.4 Å². The van der Waals surface area contributed by atoms with E-state index in [9.17, 15) is 18.0 Å². The molecule has 0 saturated carbocycles. The largest absolute Gasteiger partial charge is 0.416 e. The number of alkyl halides is 3. The Bertz CT molecular complexity index is 728. The van der Waals surface area contributed by atoms with E-state index in [0.717, 1.165) is 44.1 Å². The Morgan fingerprint density at radius 2 is 1.94 bits per heavy atom. The predicted molar refractivity (Wildman–Crippen MR) is 117 cm³/mol. The summed E-state index contributed by atoms with van der Waals surface area (Å²) in [5.74, 6) is 1.10.